The number of hydrogen-bond donors (Lipinski definition) is 0. The highest BCUT2D eigenvalue weighted by Gasteiger charge is 2.41. The van der Waals surface area contributed by atoms with E-state index in [0.717, 1.165) is 38.5 Å². The molecule has 1 unspecified atom stereocenters. The predicted molar refractivity (Wildman–Crippen MR) is 137 cm³/mol. The van der Waals surface area contributed by atoms with Gasteiger partial charge in [0.15, 0.2) is 5.78 Å². The number of carbonyl (C=O) groups excluding carboxylic acids is 2. The van der Waals surface area contributed by atoms with Crippen molar-refractivity contribution in [2.75, 3.05) is 5.75 Å². The molecule has 0 spiro atoms. The number of thiophene rings is 1. The molecule has 2 aliphatic rings. The fourth-order valence-corrected chi connectivity index (χ4v) is 6.32. The van der Waals surface area contributed by atoms with Crippen LogP contribution in [0, 0.1) is 6.92 Å². The minimum atomic E-state index is -0.269. The van der Waals surface area contributed by atoms with E-state index in [1.54, 1.807) is 11.3 Å². The van der Waals surface area contributed by atoms with Gasteiger partial charge >= 0.3 is 0 Å². The molecule has 1 aromatic carbocycles. The lowest BCUT2D eigenvalue weighted by Crippen LogP contribution is -2.21. The standard InChI is InChI=1S/C28H30O2S2/c1-6-31-28(30)24-17(4)13-21-14-22(15-23-12-7-18(5)32-23)27(29)26(21)25(24)20-10-8-19(9-11-20)16(2)3/h7-12,15-16,25H,6,13-14H2,1-5H3. The zero-order valence-corrected chi connectivity index (χ0v) is 21.1. The van der Waals surface area contributed by atoms with E-state index in [-0.39, 0.29) is 16.8 Å². The van der Waals surface area contributed by atoms with Crippen molar-refractivity contribution < 1.29 is 9.59 Å². The van der Waals surface area contributed by atoms with Gasteiger partial charge in [0.05, 0.1) is 0 Å². The Kier molecular flexibility index (Phi) is 6.73. The maximum atomic E-state index is 13.7. The fraction of sp³-hybridized carbons (Fsp3) is 0.357. The molecule has 1 atom stereocenters. The van der Waals surface area contributed by atoms with Gasteiger partial charge in [-0.05, 0) is 67.7 Å². The number of aryl methyl sites for hydroxylation is 1. The Morgan fingerprint density at radius 1 is 1.12 bits per heavy atom. The fourth-order valence-electron chi connectivity index (χ4n) is 4.76. The van der Waals surface area contributed by atoms with E-state index in [0.29, 0.717) is 18.8 Å². The van der Waals surface area contributed by atoms with Crippen molar-refractivity contribution in [3.63, 3.8) is 0 Å². The summed E-state index contributed by atoms with van der Waals surface area (Å²) in [7, 11) is 0. The molecule has 4 rings (SSSR count). The van der Waals surface area contributed by atoms with Gasteiger partial charge in [0.1, 0.15) is 0 Å². The van der Waals surface area contributed by atoms with Crippen molar-refractivity contribution in [2.24, 2.45) is 0 Å². The minimum Gasteiger partial charge on any atom is -0.289 e. The van der Waals surface area contributed by atoms with Crippen molar-refractivity contribution in [2.45, 2.75) is 59.3 Å². The van der Waals surface area contributed by atoms with Crippen LogP contribution in [0.25, 0.3) is 6.08 Å². The molecule has 0 N–H and O–H groups in total. The summed E-state index contributed by atoms with van der Waals surface area (Å²) in [6.07, 6.45) is 3.45. The number of carbonyl (C=O) groups is 2. The topological polar surface area (TPSA) is 34.1 Å². The lowest BCUT2D eigenvalue weighted by Gasteiger charge is -2.28. The number of rotatable bonds is 5. The van der Waals surface area contributed by atoms with Gasteiger partial charge in [0, 0.05) is 32.4 Å². The van der Waals surface area contributed by atoms with Crippen LogP contribution < -0.4 is 0 Å². The number of Topliss-reactive ketones (excluding diaryl/α,β-unsaturated/α-hetero) is 1. The average molecular weight is 463 g/mol. The van der Waals surface area contributed by atoms with Gasteiger partial charge in [-0.2, -0.15) is 0 Å². The highest BCUT2D eigenvalue weighted by molar-refractivity contribution is 8.14. The first-order chi connectivity index (χ1) is 15.3. The molecule has 0 aliphatic heterocycles. The molecule has 0 radical (unpaired) electrons. The van der Waals surface area contributed by atoms with Gasteiger partial charge in [0.2, 0.25) is 5.12 Å². The molecular weight excluding hydrogens is 432 g/mol. The van der Waals surface area contributed by atoms with E-state index in [1.165, 1.54) is 27.8 Å². The molecule has 2 aliphatic carbocycles. The Balaban J connectivity index is 1.79. The van der Waals surface area contributed by atoms with E-state index < -0.39 is 0 Å². The number of benzene rings is 1. The largest absolute Gasteiger partial charge is 0.289 e. The summed E-state index contributed by atoms with van der Waals surface area (Å²) in [5, 5.41) is 0.105. The number of hydrogen-bond acceptors (Lipinski definition) is 4. The van der Waals surface area contributed by atoms with Gasteiger partial charge in [0.25, 0.3) is 0 Å². The predicted octanol–water partition coefficient (Wildman–Crippen LogP) is 7.62. The van der Waals surface area contributed by atoms with Crippen LogP contribution >= 0.6 is 23.1 Å². The third kappa shape index (κ3) is 4.35. The van der Waals surface area contributed by atoms with Crippen LogP contribution in [0.4, 0.5) is 0 Å². The maximum absolute atomic E-state index is 13.7. The summed E-state index contributed by atoms with van der Waals surface area (Å²) < 4.78 is 0. The van der Waals surface area contributed by atoms with E-state index in [2.05, 4.69) is 70.2 Å². The first-order valence-electron chi connectivity index (χ1n) is 11.3. The van der Waals surface area contributed by atoms with Crippen molar-refractivity contribution in [3.05, 3.63) is 85.1 Å². The van der Waals surface area contributed by atoms with Crippen LogP contribution in [0.15, 0.2) is 64.3 Å². The molecule has 0 amide bonds. The van der Waals surface area contributed by atoms with Gasteiger partial charge in [-0.25, -0.2) is 0 Å². The van der Waals surface area contributed by atoms with Crippen molar-refractivity contribution >= 4 is 40.1 Å². The second kappa shape index (κ2) is 9.36. The molecule has 0 saturated heterocycles. The van der Waals surface area contributed by atoms with Crippen molar-refractivity contribution in [3.8, 4) is 0 Å². The molecule has 2 aromatic rings. The van der Waals surface area contributed by atoms with Crippen LogP contribution in [-0.4, -0.2) is 16.7 Å². The van der Waals surface area contributed by atoms with Crippen LogP contribution in [0.3, 0.4) is 0 Å². The highest BCUT2D eigenvalue weighted by atomic mass is 32.2. The second-order valence-corrected chi connectivity index (χ2v) is 11.5. The first-order valence-corrected chi connectivity index (χ1v) is 13.1. The Morgan fingerprint density at radius 2 is 1.84 bits per heavy atom. The van der Waals surface area contributed by atoms with Crippen LogP contribution in [0.1, 0.15) is 73.3 Å². The molecule has 166 valence electrons. The lowest BCUT2D eigenvalue weighted by molar-refractivity contribution is -0.112. The summed E-state index contributed by atoms with van der Waals surface area (Å²) in [4.78, 5) is 29.2. The lowest BCUT2D eigenvalue weighted by atomic mass is 9.75. The molecule has 1 heterocycles. The van der Waals surface area contributed by atoms with Gasteiger partial charge in [-0.3, -0.25) is 9.59 Å². The number of ketones is 1. The molecule has 4 heteroatoms. The smallest absolute Gasteiger partial charge is 0.216 e. The molecule has 0 saturated carbocycles. The number of thioether (sulfide) groups is 1. The SMILES string of the molecule is CCSC(=O)C1=C(C)CC2=C(C(=O)C(=Cc3ccc(C)s3)C2)C1c1ccc(C(C)C)cc1. The maximum Gasteiger partial charge on any atom is 0.216 e. The van der Waals surface area contributed by atoms with Crippen LogP contribution in [0.2, 0.25) is 0 Å². The minimum absolute atomic E-state index is 0.105. The monoisotopic (exact) mass is 462 g/mol. The summed E-state index contributed by atoms with van der Waals surface area (Å²) in [6.45, 7) is 10.5. The highest BCUT2D eigenvalue weighted by Crippen LogP contribution is 2.49. The molecule has 32 heavy (non-hydrogen) atoms. The Labute approximate surface area is 199 Å². The van der Waals surface area contributed by atoms with Crippen LogP contribution in [0.5, 0.6) is 0 Å². The zero-order valence-electron chi connectivity index (χ0n) is 19.5. The summed E-state index contributed by atoms with van der Waals surface area (Å²) in [6, 6.07) is 12.7. The third-order valence-electron chi connectivity index (χ3n) is 6.35. The van der Waals surface area contributed by atoms with E-state index >= 15 is 0 Å². The first kappa shape index (κ1) is 23.0. The van der Waals surface area contributed by atoms with E-state index in [9.17, 15) is 9.59 Å². The quantitative estimate of drug-likeness (QED) is 0.429. The van der Waals surface area contributed by atoms with E-state index in [4.69, 9.17) is 0 Å². The van der Waals surface area contributed by atoms with Crippen molar-refractivity contribution in [1.29, 1.82) is 0 Å². The van der Waals surface area contributed by atoms with Crippen LogP contribution in [-0.2, 0) is 9.59 Å². The third-order valence-corrected chi connectivity index (χ3v) is 8.06. The average Bonchev–Trinajstić information content (AvgIpc) is 3.30. The molecule has 0 fully saturated rings. The van der Waals surface area contributed by atoms with Gasteiger partial charge < -0.3 is 0 Å². The molecule has 0 bridgehead atoms. The second-order valence-electron chi connectivity index (χ2n) is 8.99. The number of allylic oxidation sites excluding steroid dienone is 4. The Morgan fingerprint density at radius 3 is 2.44 bits per heavy atom. The molecule has 2 nitrogen and oxygen atoms in total. The van der Waals surface area contributed by atoms with E-state index in [1.807, 2.05) is 6.92 Å². The van der Waals surface area contributed by atoms with Gasteiger partial charge in [-0.1, -0.05) is 67.9 Å². The van der Waals surface area contributed by atoms with Gasteiger partial charge in [-0.15, -0.1) is 11.3 Å². The molecule has 1 aromatic heterocycles. The normalized spacial score (nSPS) is 20.0. The van der Waals surface area contributed by atoms with Crippen molar-refractivity contribution in [1.82, 2.24) is 0 Å². The summed E-state index contributed by atoms with van der Waals surface area (Å²) in [5.41, 5.74) is 7.10. The summed E-state index contributed by atoms with van der Waals surface area (Å²) >= 11 is 3.05. The summed E-state index contributed by atoms with van der Waals surface area (Å²) in [5.74, 6) is 1.02. The Hall–Kier alpha value is -2.17. The zero-order chi connectivity index (χ0) is 23.0. The molecular formula is C28H30O2S2. The Bertz CT molecular complexity index is 1160.